The van der Waals surface area contributed by atoms with Gasteiger partial charge in [-0.15, -0.1) is 0 Å². The van der Waals surface area contributed by atoms with Crippen molar-refractivity contribution < 1.29 is 55.4 Å². The van der Waals surface area contributed by atoms with Crippen molar-refractivity contribution in [2.45, 2.75) is 54.1 Å². The molecule has 0 radical (unpaired) electrons. The lowest BCUT2D eigenvalue weighted by atomic mass is 9.67. The van der Waals surface area contributed by atoms with Crippen LogP contribution in [0, 0.1) is 0 Å². The Morgan fingerprint density at radius 2 is 1.48 bits per heavy atom. The lowest BCUT2D eigenvalue weighted by Crippen LogP contribution is -2.82. The summed E-state index contributed by atoms with van der Waals surface area (Å²) in [5.74, 6) is 0. The van der Waals surface area contributed by atoms with Gasteiger partial charge >= 0.3 is 0 Å². The van der Waals surface area contributed by atoms with Crippen LogP contribution in [0.25, 0.3) is 0 Å². The van der Waals surface area contributed by atoms with Crippen LogP contribution < -0.4 is 0 Å². The minimum absolute atomic E-state index is 0.684. The molecule has 2 saturated heterocycles. The SMILES string of the molecule is OC[C@H]1OC[C@](O)([C@]2(O)[C@H](O)[C@H](O)[C@@H](O)O[C@@H]2CO)[C@@H](O)[C@H]1O. The average molecular weight is 342 g/mol. The standard InChI is InChI=1S/C12H22O11/c13-1-4-6(15)8(17)11(20,3-22-4)12(21)5(2-14)23-10(19)7(16)9(12)18/h4-10,13-21H,1-3H2/t4-,5-,6+,7+,8+,9-,10+,11-,12-/m1/s1. The van der Waals surface area contributed by atoms with Gasteiger partial charge < -0.3 is 55.4 Å². The second kappa shape index (κ2) is 6.46. The molecule has 0 aromatic carbocycles. The molecule has 0 aromatic heterocycles. The molecule has 2 aliphatic rings. The summed E-state index contributed by atoms with van der Waals surface area (Å²) < 4.78 is 9.76. The smallest absolute Gasteiger partial charge is 0.184 e. The molecular formula is C12H22O11. The van der Waals surface area contributed by atoms with E-state index in [1.807, 2.05) is 0 Å². The van der Waals surface area contributed by atoms with E-state index in [0.717, 1.165) is 0 Å². The van der Waals surface area contributed by atoms with Gasteiger partial charge in [-0.05, 0) is 0 Å². The van der Waals surface area contributed by atoms with Gasteiger partial charge in [-0.3, -0.25) is 0 Å². The molecule has 23 heavy (non-hydrogen) atoms. The van der Waals surface area contributed by atoms with Crippen LogP contribution in [0.3, 0.4) is 0 Å². The van der Waals surface area contributed by atoms with Crippen LogP contribution in [-0.4, -0.2) is 120 Å². The zero-order valence-corrected chi connectivity index (χ0v) is 12.0. The molecule has 0 spiro atoms. The van der Waals surface area contributed by atoms with E-state index >= 15 is 0 Å². The second-order valence-electron chi connectivity index (χ2n) is 5.85. The largest absolute Gasteiger partial charge is 0.394 e. The van der Waals surface area contributed by atoms with Crippen molar-refractivity contribution in [3.05, 3.63) is 0 Å². The second-order valence-corrected chi connectivity index (χ2v) is 5.85. The Balaban J connectivity index is 2.42. The van der Waals surface area contributed by atoms with Crippen molar-refractivity contribution in [3.63, 3.8) is 0 Å². The number of aliphatic hydroxyl groups is 9. The van der Waals surface area contributed by atoms with Crippen LogP contribution in [0.15, 0.2) is 0 Å². The van der Waals surface area contributed by atoms with Crippen molar-refractivity contribution in [2.75, 3.05) is 19.8 Å². The third-order valence-electron chi connectivity index (χ3n) is 4.61. The molecule has 2 heterocycles. The molecule has 2 aliphatic heterocycles. The summed E-state index contributed by atoms with van der Waals surface area (Å²) in [5, 5.41) is 89.0. The van der Waals surface area contributed by atoms with Crippen molar-refractivity contribution in [2.24, 2.45) is 0 Å². The first kappa shape index (κ1) is 18.9. The molecule has 0 unspecified atom stereocenters. The highest BCUT2D eigenvalue weighted by atomic mass is 16.6. The number of hydrogen-bond donors (Lipinski definition) is 9. The molecule has 11 nitrogen and oxygen atoms in total. The summed E-state index contributed by atoms with van der Waals surface area (Å²) >= 11 is 0. The summed E-state index contributed by atoms with van der Waals surface area (Å²) in [5.41, 5.74) is -5.66. The van der Waals surface area contributed by atoms with E-state index in [1.165, 1.54) is 0 Å². The summed E-state index contributed by atoms with van der Waals surface area (Å²) in [6.07, 6.45) is -13.3. The number of hydrogen-bond acceptors (Lipinski definition) is 11. The highest BCUT2D eigenvalue weighted by Gasteiger charge is 2.69. The number of aliphatic hydroxyl groups excluding tert-OH is 7. The molecule has 2 fully saturated rings. The van der Waals surface area contributed by atoms with Crippen LogP contribution in [-0.2, 0) is 9.47 Å². The Morgan fingerprint density at radius 1 is 0.870 bits per heavy atom. The zero-order chi connectivity index (χ0) is 17.6. The topological polar surface area (TPSA) is 201 Å². The molecule has 0 saturated carbocycles. The molecule has 136 valence electrons. The Bertz CT molecular complexity index is 418. The number of ether oxygens (including phenoxy) is 2. The van der Waals surface area contributed by atoms with Crippen molar-refractivity contribution in [3.8, 4) is 0 Å². The zero-order valence-electron chi connectivity index (χ0n) is 12.0. The molecule has 0 bridgehead atoms. The molecule has 11 heteroatoms. The fourth-order valence-electron chi connectivity index (χ4n) is 3.09. The Morgan fingerprint density at radius 3 is 2.00 bits per heavy atom. The van der Waals surface area contributed by atoms with Gasteiger partial charge in [0, 0.05) is 0 Å². The Kier molecular flexibility index (Phi) is 5.31. The monoisotopic (exact) mass is 342 g/mol. The quantitative estimate of drug-likeness (QED) is 0.236. The fraction of sp³-hybridized carbons (Fsp3) is 1.00. The van der Waals surface area contributed by atoms with Gasteiger partial charge in [-0.25, -0.2) is 0 Å². The van der Waals surface area contributed by atoms with Crippen LogP contribution in [0.1, 0.15) is 0 Å². The highest BCUT2D eigenvalue weighted by molar-refractivity contribution is 5.18. The van der Waals surface area contributed by atoms with Gasteiger partial charge in [-0.2, -0.15) is 0 Å². The molecular weight excluding hydrogens is 320 g/mol. The van der Waals surface area contributed by atoms with Crippen LogP contribution in [0.2, 0.25) is 0 Å². The summed E-state index contributed by atoms with van der Waals surface area (Å²) in [4.78, 5) is 0. The van der Waals surface area contributed by atoms with E-state index in [9.17, 15) is 40.9 Å². The van der Waals surface area contributed by atoms with Gasteiger partial charge in [0.05, 0.1) is 19.8 Å². The van der Waals surface area contributed by atoms with E-state index < -0.39 is 73.9 Å². The summed E-state index contributed by atoms with van der Waals surface area (Å²) in [7, 11) is 0. The lowest BCUT2D eigenvalue weighted by molar-refractivity contribution is -0.387. The molecule has 0 aliphatic carbocycles. The third kappa shape index (κ3) is 2.58. The minimum atomic E-state index is -2.89. The number of rotatable bonds is 3. The average Bonchev–Trinajstić information content (AvgIpc) is 2.54. The van der Waals surface area contributed by atoms with Gasteiger partial charge in [0.1, 0.15) is 36.6 Å². The maximum atomic E-state index is 10.7. The van der Waals surface area contributed by atoms with Crippen LogP contribution in [0.5, 0.6) is 0 Å². The van der Waals surface area contributed by atoms with Crippen molar-refractivity contribution in [1.82, 2.24) is 0 Å². The van der Waals surface area contributed by atoms with Gasteiger partial charge in [0.15, 0.2) is 17.5 Å². The highest BCUT2D eigenvalue weighted by Crippen LogP contribution is 2.42. The fourth-order valence-corrected chi connectivity index (χ4v) is 3.09. The molecule has 0 aromatic rings. The lowest BCUT2D eigenvalue weighted by Gasteiger charge is -2.57. The normalized spacial score (nSPS) is 54.9. The molecule has 9 N–H and O–H groups in total. The van der Waals surface area contributed by atoms with Crippen LogP contribution in [0.4, 0.5) is 0 Å². The minimum Gasteiger partial charge on any atom is -0.394 e. The first-order valence-corrected chi connectivity index (χ1v) is 6.99. The molecule has 2 rings (SSSR count). The van der Waals surface area contributed by atoms with E-state index in [2.05, 4.69) is 0 Å². The molecule has 9 atom stereocenters. The van der Waals surface area contributed by atoms with Gasteiger partial charge in [-0.1, -0.05) is 0 Å². The van der Waals surface area contributed by atoms with Crippen LogP contribution >= 0.6 is 0 Å². The maximum Gasteiger partial charge on any atom is 0.184 e. The van der Waals surface area contributed by atoms with E-state index in [0.29, 0.717) is 0 Å². The van der Waals surface area contributed by atoms with E-state index in [-0.39, 0.29) is 0 Å². The first-order chi connectivity index (χ1) is 10.6. The van der Waals surface area contributed by atoms with Crippen molar-refractivity contribution >= 4 is 0 Å². The van der Waals surface area contributed by atoms with Crippen molar-refractivity contribution in [1.29, 1.82) is 0 Å². The summed E-state index contributed by atoms with van der Waals surface area (Å²) in [6.45, 7) is -2.53. The Hall–Kier alpha value is -0.440. The van der Waals surface area contributed by atoms with Gasteiger partial charge in [0.2, 0.25) is 0 Å². The van der Waals surface area contributed by atoms with E-state index in [4.69, 9.17) is 14.6 Å². The first-order valence-electron chi connectivity index (χ1n) is 6.99. The predicted molar refractivity (Wildman–Crippen MR) is 68.7 cm³/mol. The third-order valence-corrected chi connectivity index (χ3v) is 4.61. The van der Waals surface area contributed by atoms with Gasteiger partial charge in [0.25, 0.3) is 0 Å². The predicted octanol–water partition coefficient (Wildman–Crippen LogP) is -6.01. The molecule has 0 amide bonds. The summed E-state index contributed by atoms with van der Waals surface area (Å²) in [6, 6.07) is 0. The van der Waals surface area contributed by atoms with E-state index in [1.54, 1.807) is 0 Å². The maximum absolute atomic E-state index is 10.7. The Labute approximate surface area is 130 Å².